The number of aliphatic imine (C=N–C) groups is 1. The van der Waals surface area contributed by atoms with Crippen molar-refractivity contribution in [3.8, 4) is 16.9 Å². The second-order valence-electron chi connectivity index (χ2n) is 7.24. The van der Waals surface area contributed by atoms with Gasteiger partial charge in [-0.25, -0.2) is 9.38 Å². The topological polar surface area (TPSA) is 58.9 Å². The third kappa shape index (κ3) is 3.86. The van der Waals surface area contributed by atoms with Crippen LogP contribution in [0.25, 0.3) is 11.1 Å². The summed E-state index contributed by atoms with van der Waals surface area (Å²) in [6, 6.07) is 24.1. The fourth-order valence-corrected chi connectivity index (χ4v) is 3.57. The maximum atomic E-state index is 14.1. The number of halogens is 1. The molecule has 0 saturated heterocycles. The molecule has 0 spiro atoms. The SMILES string of the molecule is COc1ccc(-c2ccc(C3=NNC(c4cccnc4)=Nc4ccc(F)cc43)cc2)cc1. The van der Waals surface area contributed by atoms with Gasteiger partial charge in [0.05, 0.1) is 12.8 Å². The van der Waals surface area contributed by atoms with Crippen molar-refractivity contribution >= 4 is 17.2 Å². The molecular formula is C26H19FN4O. The molecule has 0 saturated carbocycles. The number of nitrogens with zero attached hydrogens (tertiary/aromatic N) is 3. The van der Waals surface area contributed by atoms with Gasteiger partial charge in [-0.15, -0.1) is 0 Å². The van der Waals surface area contributed by atoms with Gasteiger partial charge in [0.15, 0.2) is 5.84 Å². The maximum absolute atomic E-state index is 14.1. The third-order valence-corrected chi connectivity index (χ3v) is 5.24. The molecule has 1 aromatic heterocycles. The van der Waals surface area contributed by atoms with E-state index in [1.807, 2.05) is 60.7 Å². The Balaban J connectivity index is 1.53. The van der Waals surface area contributed by atoms with Crippen LogP contribution in [0.4, 0.5) is 10.1 Å². The van der Waals surface area contributed by atoms with Crippen molar-refractivity contribution in [1.82, 2.24) is 10.4 Å². The first-order valence-corrected chi connectivity index (χ1v) is 10.1. The Hall–Kier alpha value is -4.32. The zero-order valence-corrected chi connectivity index (χ0v) is 17.3. The second kappa shape index (κ2) is 8.43. The summed E-state index contributed by atoms with van der Waals surface area (Å²) in [6.07, 6.45) is 3.41. The van der Waals surface area contributed by atoms with E-state index in [9.17, 15) is 4.39 Å². The van der Waals surface area contributed by atoms with E-state index in [-0.39, 0.29) is 5.82 Å². The quantitative estimate of drug-likeness (QED) is 0.484. The van der Waals surface area contributed by atoms with Gasteiger partial charge in [-0.3, -0.25) is 10.4 Å². The summed E-state index contributed by atoms with van der Waals surface area (Å²) in [4.78, 5) is 8.83. The smallest absolute Gasteiger partial charge is 0.155 e. The Morgan fingerprint density at radius 2 is 1.53 bits per heavy atom. The molecule has 0 fully saturated rings. The number of hydrogen-bond acceptors (Lipinski definition) is 5. The van der Waals surface area contributed by atoms with Gasteiger partial charge >= 0.3 is 0 Å². The molecule has 2 heterocycles. The molecule has 0 amide bonds. The number of pyridine rings is 1. The van der Waals surface area contributed by atoms with E-state index in [4.69, 9.17) is 4.74 Å². The minimum Gasteiger partial charge on any atom is -0.497 e. The average Bonchev–Trinajstić information content (AvgIpc) is 3.04. The number of methoxy groups -OCH3 is 1. The summed E-state index contributed by atoms with van der Waals surface area (Å²) in [5.41, 5.74) is 8.68. The van der Waals surface area contributed by atoms with Gasteiger partial charge in [-0.05, 0) is 53.6 Å². The van der Waals surface area contributed by atoms with Crippen LogP contribution in [0, 0.1) is 5.82 Å². The number of benzene rings is 3. The summed E-state index contributed by atoms with van der Waals surface area (Å²) in [5.74, 6) is 1.02. The molecule has 0 unspecified atom stereocenters. The van der Waals surface area contributed by atoms with Crippen molar-refractivity contribution in [3.63, 3.8) is 0 Å². The van der Waals surface area contributed by atoms with Gasteiger partial charge in [-0.2, -0.15) is 5.10 Å². The van der Waals surface area contributed by atoms with Crippen molar-refractivity contribution < 1.29 is 9.13 Å². The number of ether oxygens (including phenoxy) is 1. The molecule has 32 heavy (non-hydrogen) atoms. The molecule has 5 rings (SSSR count). The first-order valence-electron chi connectivity index (χ1n) is 10.1. The maximum Gasteiger partial charge on any atom is 0.155 e. The number of nitrogens with one attached hydrogen (secondary N) is 1. The summed E-state index contributed by atoms with van der Waals surface area (Å²) in [5, 5.41) is 4.58. The van der Waals surface area contributed by atoms with Crippen molar-refractivity contribution in [3.05, 3.63) is 114 Å². The van der Waals surface area contributed by atoms with Crippen LogP contribution in [0.2, 0.25) is 0 Å². The van der Waals surface area contributed by atoms with Crippen LogP contribution >= 0.6 is 0 Å². The standard InChI is InChI=1S/C26H19FN4O/c1-32-22-11-8-18(9-12-22)17-4-6-19(7-5-17)25-23-15-21(27)10-13-24(23)29-26(31-30-25)20-3-2-14-28-16-20/h2-16H,1H3,(H,29,31). The monoisotopic (exact) mass is 422 g/mol. The van der Waals surface area contributed by atoms with Gasteiger partial charge in [0.1, 0.15) is 17.3 Å². The van der Waals surface area contributed by atoms with Crippen molar-refractivity contribution in [2.45, 2.75) is 0 Å². The lowest BCUT2D eigenvalue weighted by Gasteiger charge is -2.09. The third-order valence-electron chi connectivity index (χ3n) is 5.24. The molecule has 3 aromatic carbocycles. The predicted molar refractivity (Wildman–Crippen MR) is 124 cm³/mol. The lowest BCUT2D eigenvalue weighted by molar-refractivity contribution is 0.415. The van der Waals surface area contributed by atoms with Crippen LogP contribution in [0.3, 0.4) is 0 Å². The molecule has 0 aliphatic carbocycles. The minimum absolute atomic E-state index is 0.341. The highest BCUT2D eigenvalue weighted by Crippen LogP contribution is 2.28. The van der Waals surface area contributed by atoms with E-state index in [1.165, 1.54) is 12.1 Å². The van der Waals surface area contributed by atoms with Gasteiger partial charge in [0, 0.05) is 29.1 Å². The first-order chi connectivity index (χ1) is 15.7. The van der Waals surface area contributed by atoms with Crippen LogP contribution in [-0.2, 0) is 0 Å². The summed E-state index contributed by atoms with van der Waals surface area (Å²) >= 11 is 0. The summed E-state index contributed by atoms with van der Waals surface area (Å²) in [6.45, 7) is 0. The van der Waals surface area contributed by atoms with E-state index >= 15 is 0 Å². The highest BCUT2D eigenvalue weighted by molar-refractivity contribution is 6.18. The molecule has 1 aliphatic heterocycles. The van der Waals surface area contributed by atoms with Crippen LogP contribution in [-0.4, -0.2) is 23.6 Å². The largest absolute Gasteiger partial charge is 0.497 e. The Kier molecular flexibility index (Phi) is 5.17. The zero-order valence-electron chi connectivity index (χ0n) is 17.3. The number of amidine groups is 1. The lowest BCUT2D eigenvalue weighted by atomic mass is 9.97. The normalized spacial score (nSPS) is 12.7. The van der Waals surface area contributed by atoms with E-state index in [0.717, 1.165) is 28.0 Å². The number of hydrogen-bond donors (Lipinski definition) is 1. The molecule has 6 heteroatoms. The second-order valence-corrected chi connectivity index (χ2v) is 7.24. The van der Waals surface area contributed by atoms with E-state index in [2.05, 4.69) is 20.5 Å². The molecular weight excluding hydrogens is 403 g/mol. The molecule has 0 radical (unpaired) electrons. The Labute approximate surface area is 185 Å². The highest BCUT2D eigenvalue weighted by Gasteiger charge is 2.18. The average molecular weight is 422 g/mol. The lowest BCUT2D eigenvalue weighted by Crippen LogP contribution is -2.19. The molecule has 0 atom stereocenters. The molecule has 5 nitrogen and oxygen atoms in total. The number of aromatic nitrogens is 1. The number of fused-ring (bicyclic) bond motifs is 1. The fourth-order valence-electron chi connectivity index (χ4n) is 3.57. The zero-order chi connectivity index (χ0) is 21.9. The highest BCUT2D eigenvalue weighted by atomic mass is 19.1. The van der Waals surface area contributed by atoms with Gasteiger partial charge in [0.25, 0.3) is 0 Å². The Morgan fingerprint density at radius 3 is 2.22 bits per heavy atom. The van der Waals surface area contributed by atoms with Crippen molar-refractivity contribution in [2.75, 3.05) is 7.11 Å². The van der Waals surface area contributed by atoms with E-state index < -0.39 is 0 Å². The van der Waals surface area contributed by atoms with Gasteiger partial charge in [0.2, 0.25) is 0 Å². The van der Waals surface area contributed by atoms with Crippen LogP contribution < -0.4 is 10.2 Å². The fraction of sp³-hybridized carbons (Fsp3) is 0.0385. The summed E-state index contributed by atoms with van der Waals surface area (Å²) < 4.78 is 19.4. The minimum atomic E-state index is -0.341. The number of hydrazone groups is 1. The molecule has 4 aromatic rings. The summed E-state index contributed by atoms with van der Waals surface area (Å²) in [7, 11) is 1.65. The van der Waals surface area contributed by atoms with E-state index in [1.54, 1.807) is 25.6 Å². The van der Waals surface area contributed by atoms with Crippen molar-refractivity contribution in [2.24, 2.45) is 10.1 Å². The van der Waals surface area contributed by atoms with Gasteiger partial charge in [-0.1, -0.05) is 36.4 Å². The Bertz CT molecular complexity index is 1310. The van der Waals surface area contributed by atoms with Crippen LogP contribution in [0.1, 0.15) is 16.7 Å². The van der Waals surface area contributed by atoms with Crippen LogP contribution in [0.15, 0.2) is 101 Å². The molecule has 0 bridgehead atoms. The molecule has 156 valence electrons. The van der Waals surface area contributed by atoms with Gasteiger partial charge < -0.3 is 4.74 Å². The van der Waals surface area contributed by atoms with Crippen LogP contribution in [0.5, 0.6) is 5.75 Å². The first kappa shape index (κ1) is 19.6. The van der Waals surface area contributed by atoms with Crippen molar-refractivity contribution in [1.29, 1.82) is 0 Å². The Morgan fingerprint density at radius 1 is 0.812 bits per heavy atom. The predicted octanol–water partition coefficient (Wildman–Crippen LogP) is 5.33. The molecule has 1 aliphatic rings. The van der Waals surface area contributed by atoms with E-state index in [0.29, 0.717) is 22.8 Å². The number of rotatable bonds is 4. The molecule has 1 N–H and O–H groups in total.